The van der Waals surface area contributed by atoms with Crippen molar-refractivity contribution >= 4 is 5.78 Å². The van der Waals surface area contributed by atoms with Crippen molar-refractivity contribution in [2.45, 2.75) is 46.0 Å². The van der Waals surface area contributed by atoms with Gasteiger partial charge in [-0.1, -0.05) is 43.2 Å². The second-order valence-corrected chi connectivity index (χ2v) is 6.09. The van der Waals surface area contributed by atoms with Crippen LogP contribution >= 0.6 is 0 Å². The number of carbonyl (C=O) groups is 1. The number of rotatable bonds is 5. The molecule has 1 saturated heterocycles. The van der Waals surface area contributed by atoms with Crippen molar-refractivity contribution in [1.29, 1.82) is 0 Å². The van der Waals surface area contributed by atoms with Gasteiger partial charge in [0, 0.05) is 18.5 Å². The minimum absolute atomic E-state index is 0.279. The normalized spacial score (nSPS) is 20.6. The molecule has 1 unspecified atom stereocenters. The number of benzene rings is 1. The van der Waals surface area contributed by atoms with E-state index in [1.807, 2.05) is 24.3 Å². The Morgan fingerprint density at radius 1 is 1.20 bits per heavy atom. The van der Waals surface area contributed by atoms with E-state index in [2.05, 4.69) is 18.7 Å². The third-order valence-electron chi connectivity index (χ3n) is 4.55. The highest BCUT2D eigenvalue weighted by atomic mass is 16.1. The lowest BCUT2D eigenvalue weighted by Gasteiger charge is -2.19. The fraction of sp³-hybridized carbons (Fsp3) is 0.611. The number of ketones is 1. The van der Waals surface area contributed by atoms with E-state index in [1.54, 1.807) is 0 Å². The van der Waals surface area contributed by atoms with Gasteiger partial charge < -0.3 is 4.90 Å². The molecule has 1 aromatic rings. The molecule has 2 rings (SSSR count). The fourth-order valence-electron chi connectivity index (χ4n) is 3.00. The highest BCUT2D eigenvalue weighted by Gasteiger charge is 2.16. The molecule has 0 aliphatic carbocycles. The zero-order valence-electron chi connectivity index (χ0n) is 12.9. The van der Waals surface area contributed by atoms with Gasteiger partial charge >= 0.3 is 0 Å². The van der Waals surface area contributed by atoms with Gasteiger partial charge in [0.15, 0.2) is 5.78 Å². The molecule has 1 aliphatic rings. The van der Waals surface area contributed by atoms with Crippen molar-refractivity contribution < 1.29 is 4.79 Å². The summed E-state index contributed by atoms with van der Waals surface area (Å²) in [6, 6.07) is 7.94. The van der Waals surface area contributed by atoms with E-state index < -0.39 is 0 Å². The third kappa shape index (κ3) is 4.45. The van der Waals surface area contributed by atoms with E-state index in [0.29, 0.717) is 6.42 Å². The SMILES string of the molecule is CCC1CCCN(CCC(=O)c2ccc(C)cc2)CC1. The van der Waals surface area contributed by atoms with E-state index in [1.165, 1.54) is 37.8 Å². The molecule has 20 heavy (non-hydrogen) atoms. The largest absolute Gasteiger partial charge is 0.303 e. The molecular formula is C18H27NO. The van der Waals surface area contributed by atoms with Crippen LogP contribution in [0.1, 0.15) is 54.9 Å². The minimum Gasteiger partial charge on any atom is -0.303 e. The van der Waals surface area contributed by atoms with E-state index in [9.17, 15) is 4.79 Å². The Labute approximate surface area is 123 Å². The van der Waals surface area contributed by atoms with Gasteiger partial charge in [0.1, 0.15) is 0 Å². The number of likely N-dealkylation sites (tertiary alicyclic amines) is 1. The van der Waals surface area contributed by atoms with Crippen LogP contribution in [0, 0.1) is 12.8 Å². The number of Topliss-reactive ketones (excluding diaryl/α,β-unsaturated/α-hetero) is 1. The van der Waals surface area contributed by atoms with Gasteiger partial charge in [-0.25, -0.2) is 0 Å². The van der Waals surface area contributed by atoms with Crippen LogP contribution < -0.4 is 0 Å². The lowest BCUT2D eigenvalue weighted by Crippen LogP contribution is -2.27. The van der Waals surface area contributed by atoms with Crippen molar-refractivity contribution in [1.82, 2.24) is 4.90 Å². The van der Waals surface area contributed by atoms with Gasteiger partial charge in [-0.15, -0.1) is 0 Å². The van der Waals surface area contributed by atoms with Crippen molar-refractivity contribution in [3.63, 3.8) is 0 Å². The summed E-state index contributed by atoms with van der Waals surface area (Å²) in [7, 11) is 0. The van der Waals surface area contributed by atoms with Crippen molar-refractivity contribution in [3.05, 3.63) is 35.4 Å². The first-order valence-corrected chi connectivity index (χ1v) is 8.01. The average molecular weight is 273 g/mol. The van der Waals surface area contributed by atoms with E-state index in [0.717, 1.165) is 24.6 Å². The van der Waals surface area contributed by atoms with E-state index in [-0.39, 0.29) is 5.78 Å². The van der Waals surface area contributed by atoms with Gasteiger partial charge in [0.05, 0.1) is 0 Å². The van der Waals surface area contributed by atoms with Crippen molar-refractivity contribution in [2.24, 2.45) is 5.92 Å². The van der Waals surface area contributed by atoms with Crippen LogP contribution in [-0.4, -0.2) is 30.3 Å². The molecule has 1 aliphatic heterocycles. The molecule has 0 aromatic heterocycles. The van der Waals surface area contributed by atoms with Crippen LogP contribution in [0.3, 0.4) is 0 Å². The maximum atomic E-state index is 12.2. The molecule has 2 nitrogen and oxygen atoms in total. The summed E-state index contributed by atoms with van der Waals surface area (Å²) in [5, 5.41) is 0. The van der Waals surface area contributed by atoms with Crippen LogP contribution in [-0.2, 0) is 0 Å². The van der Waals surface area contributed by atoms with Crippen molar-refractivity contribution in [2.75, 3.05) is 19.6 Å². The molecule has 2 heteroatoms. The Kier molecular flexibility index (Phi) is 5.78. The standard InChI is InChI=1S/C18H27NO/c1-3-16-5-4-12-19(13-10-16)14-11-18(20)17-8-6-15(2)7-9-17/h6-9,16H,3-5,10-14H2,1-2H3. The summed E-state index contributed by atoms with van der Waals surface area (Å²) in [4.78, 5) is 14.7. The van der Waals surface area contributed by atoms with Crippen molar-refractivity contribution in [3.8, 4) is 0 Å². The molecule has 0 saturated carbocycles. The lowest BCUT2D eigenvalue weighted by atomic mass is 9.98. The maximum absolute atomic E-state index is 12.2. The monoisotopic (exact) mass is 273 g/mol. The summed E-state index contributed by atoms with van der Waals surface area (Å²) < 4.78 is 0. The molecule has 0 bridgehead atoms. The third-order valence-corrected chi connectivity index (χ3v) is 4.55. The summed E-state index contributed by atoms with van der Waals surface area (Å²) >= 11 is 0. The molecule has 1 aromatic carbocycles. The Balaban J connectivity index is 1.79. The molecule has 0 radical (unpaired) electrons. The first kappa shape index (κ1) is 15.2. The topological polar surface area (TPSA) is 20.3 Å². The second-order valence-electron chi connectivity index (χ2n) is 6.09. The van der Waals surface area contributed by atoms with Crippen LogP contribution in [0.25, 0.3) is 0 Å². The minimum atomic E-state index is 0.279. The summed E-state index contributed by atoms with van der Waals surface area (Å²) in [6.07, 6.45) is 5.90. The molecule has 110 valence electrons. The first-order chi connectivity index (χ1) is 9.69. The summed E-state index contributed by atoms with van der Waals surface area (Å²) in [5.74, 6) is 1.18. The van der Waals surface area contributed by atoms with E-state index >= 15 is 0 Å². The van der Waals surface area contributed by atoms with Gasteiger partial charge in [-0.05, 0) is 45.2 Å². The zero-order chi connectivity index (χ0) is 14.4. The number of hydrogen-bond acceptors (Lipinski definition) is 2. The van der Waals surface area contributed by atoms with Gasteiger partial charge in [0.2, 0.25) is 0 Å². The van der Waals surface area contributed by atoms with Gasteiger partial charge in [0.25, 0.3) is 0 Å². The molecule has 1 fully saturated rings. The second kappa shape index (κ2) is 7.58. The first-order valence-electron chi connectivity index (χ1n) is 8.01. The van der Waals surface area contributed by atoms with E-state index in [4.69, 9.17) is 0 Å². The molecular weight excluding hydrogens is 246 g/mol. The fourth-order valence-corrected chi connectivity index (χ4v) is 3.00. The smallest absolute Gasteiger partial charge is 0.164 e. The molecule has 1 heterocycles. The number of aryl methyl sites for hydroxylation is 1. The maximum Gasteiger partial charge on any atom is 0.164 e. The lowest BCUT2D eigenvalue weighted by molar-refractivity contribution is 0.0964. The quantitative estimate of drug-likeness (QED) is 0.753. The Bertz CT molecular complexity index is 424. The number of carbonyl (C=O) groups excluding carboxylic acids is 1. The summed E-state index contributed by atoms with van der Waals surface area (Å²) in [6.45, 7) is 7.59. The molecule has 0 spiro atoms. The average Bonchev–Trinajstić information content (AvgIpc) is 2.70. The van der Waals surface area contributed by atoms with Crippen LogP contribution in [0.5, 0.6) is 0 Å². The highest BCUT2D eigenvalue weighted by molar-refractivity contribution is 5.96. The zero-order valence-corrected chi connectivity index (χ0v) is 12.9. The predicted octanol–water partition coefficient (Wildman–Crippen LogP) is 4.08. The number of nitrogens with zero attached hydrogens (tertiary/aromatic N) is 1. The molecule has 0 N–H and O–H groups in total. The Morgan fingerprint density at radius 3 is 2.65 bits per heavy atom. The Hall–Kier alpha value is -1.15. The molecule has 0 amide bonds. The van der Waals surface area contributed by atoms with Gasteiger partial charge in [-0.2, -0.15) is 0 Å². The highest BCUT2D eigenvalue weighted by Crippen LogP contribution is 2.20. The van der Waals surface area contributed by atoms with Crippen LogP contribution in [0.2, 0.25) is 0 Å². The molecule has 1 atom stereocenters. The number of hydrogen-bond donors (Lipinski definition) is 0. The van der Waals surface area contributed by atoms with Crippen LogP contribution in [0.15, 0.2) is 24.3 Å². The Morgan fingerprint density at radius 2 is 1.95 bits per heavy atom. The predicted molar refractivity (Wildman–Crippen MR) is 84.2 cm³/mol. The summed E-state index contributed by atoms with van der Waals surface area (Å²) in [5.41, 5.74) is 2.07. The van der Waals surface area contributed by atoms with Crippen LogP contribution in [0.4, 0.5) is 0 Å². The van der Waals surface area contributed by atoms with Gasteiger partial charge in [-0.3, -0.25) is 4.79 Å².